The van der Waals surface area contributed by atoms with Gasteiger partial charge in [0.2, 0.25) is 5.91 Å². The summed E-state index contributed by atoms with van der Waals surface area (Å²) < 4.78 is 5.02. The first kappa shape index (κ1) is 12.2. The Morgan fingerprint density at radius 2 is 2.35 bits per heavy atom. The van der Waals surface area contributed by atoms with Crippen molar-refractivity contribution in [3.05, 3.63) is 23.1 Å². The molecule has 17 heavy (non-hydrogen) atoms. The number of hydrogen-bond donors (Lipinski definition) is 0. The molecule has 1 unspecified atom stereocenters. The normalized spacial score (nSPS) is 20.0. The van der Waals surface area contributed by atoms with Gasteiger partial charge < -0.3 is 4.42 Å². The minimum Gasteiger partial charge on any atom is -0.440 e. The smallest absolute Gasteiger partial charge is 0.296 e. The van der Waals surface area contributed by atoms with Gasteiger partial charge in [-0.3, -0.25) is 14.5 Å². The maximum atomic E-state index is 12.0. The summed E-state index contributed by atoms with van der Waals surface area (Å²) in [5, 5.41) is 0.158. The van der Waals surface area contributed by atoms with Crippen molar-refractivity contribution in [1.29, 1.82) is 0 Å². The van der Waals surface area contributed by atoms with Crippen LogP contribution in [0.15, 0.2) is 16.5 Å². The van der Waals surface area contributed by atoms with Crippen molar-refractivity contribution in [3.63, 3.8) is 0 Å². The Kier molecular flexibility index (Phi) is 3.52. The molecular weight excluding hydrogens is 242 g/mol. The second-order valence-corrected chi connectivity index (χ2v) is 4.64. The molecule has 1 aliphatic rings. The zero-order valence-corrected chi connectivity index (χ0v) is 10.4. The number of likely N-dealkylation sites (tertiary alicyclic amines) is 1. The monoisotopic (exact) mass is 255 g/mol. The highest BCUT2D eigenvalue weighted by atomic mass is 35.5. The van der Waals surface area contributed by atoms with Gasteiger partial charge in [-0.25, -0.2) is 0 Å². The SMILES string of the molecule is CCCC1CC(=O)N(C(=O)c2ccc(Cl)o2)C1. The molecule has 0 spiro atoms. The maximum absolute atomic E-state index is 12.0. The van der Waals surface area contributed by atoms with E-state index in [2.05, 4.69) is 6.92 Å². The van der Waals surface area contributed by atoms with Gasteiger partial charge >= 0.3 is 0 Å². The van der Waals surface area contributed by atoms with Crippen LogP contribution in [0.5, 0.6) is 0 Å². The highest BCUT2D eigenvalue weighted by Gasteiger charge is 2.34. The molecule has 0 saturated carbocycles. The summed E-state index contributed by atoms with van der Waals surface area (Å²) in [7, 11) is 0. The Hall–Kier alpha value is -1.29. The fourth-order valence-corrected chi connectivity index (χ4v) is 2.29. The summed E-state index contributed by atoms with van der Waals surface area (Å²) in [6.45, 7) is 2.56. The van der Waals surface area contributed by atoms with Gasteiger partial charge in [-0.15, -0.1) is 0 Å². The van der Waals surface area contributed by atoms with E-state index in [0.717, 1.165) is 12.8 Å². The van der Waals surface area contributed by atoms with Crippen LogP contribution in [0.25, 0.3) is 0 Å². The molecule has 92 valence electrons. The first-order valence-corrected chi connectivity index (χ1v) is 6.09. The summed E-state index contributed by atoms with van der Waals surface area (Å²) in [4.78, 5) is 24.9. The molecule has 1 aromatic rings. The van der Waals surface area contributed by atoms with E-state index in [-0.39, 0.29) is 28.7 Å². The fraction of sp³-hybridized carbons (Fsp3) is 0.500. The Balaban J connectivity index is 2.08. The van der Waals surface area contributed by atoms with Crippen molar-refractivity contribution in [3.8, 4) is 0 Å². The lowest BCUT2D eigenvalue weighted by Crippen LogP contribution is -2.32. The minimum atomic E-state index is -0.388. The number of amides is 2. The Labute approximate surface area is 105 Å². The van der Waals surface area contributed by atoms with Crippen LogP contribution in [0.1, 0.15) is 36.7 Å². The van der Waals surface area contributed by atoms with E-state index in [1.54, 1.807) is 0 Å². The van der Waals surface area contributed by atoms with Gasteiger partial charge in [0.25, 0.3) is 5.91 Å². The third-order valence-corrected chi connectivity index (χ3v) is 3.13. The van der Waals surface area contributed by atoms with Gasteiger partial charge in [0, 0.05) is 13.0 Å². The molecule has 5 heteroatoms. The van der Waals surface area contributed by atoms with Gasteiger partial charge in [0.15, 0.2) is 11.0 Å². The third kappa shape index (κ3) is 2.52. The van der Waals surface area contributed by atoms with Crippen LogP contribution in [0.4, 0.5) is 0 Å². The van der Waals surface area contributed by atoms with Crippen LogP contribution in [0.2, 0.25) is 5.22 Å². The molecule has 2 rings (SSSR count). The predicted molar refractivity (Wildman–Crippen MR) is 62.8 cm³/mol. The van der Waals surface area contributed by atoms with Gasteiger partial charge in [0.1, 0.15) is 0 Å². The van der Waals surface area contributed by atoms with E-state index in [9.17, 15) is 9.59 Å². The summed E-state index contributed by atoms with van der Waals surface area (Å²) in [6, 6.07) is 2.99. The second-order valence-electron chi connectivity index (χ2n) is 4.27. The van der Waals surface area contributed by atoms with Gasteiger partial charge in [-0.05, 0) is 36.1 Å². The lowest BCUT2D eigenvalue weighted by molar-refractivity contribution is -0.125. The lowest BCUT2D eigenvalue weighted by atomic mass is 10.0. The van der Waals surface area contributed by atoms with Crippen LogP contribution in [0.3, 0.4) is 0 Å². The van der Waals surface area contributed by atoms with E-state index < -0.39 is 0 Å². The number of halogens is 1. The molecule has 0 radical (unpaired) electrons. The zero-order chi connectivity index (χ0) is 12.4. The topological polar surface area (TPSA) is 50.5 Å². The van der Waals surface area contributed by atoms with Crippen LogP contribution in [-0.4, -0.2) is 23.3 Å². The highest BCUT2D eigenvalue weighted by Crippen LogP contribution is 2.24. The largest absolute Gasteiger partial charge is 0.440 e. The summed E-state index contributed by atoms with van der Waals surface area (Å²) in [6.07, 6.45) is 2.44. The molecule has 1 aliphatic heterocycles. The third-order valence-electron chi connectivity index (χ3n) is 2.93. The number of carbonyl (C=O) groups is 2. The first-order chi connectivity index (χ1) is 8.11. The average Bonchev–Trinajstić information content (AvgIpc) is 2.85. The molecule has 0 aromatic carbocycles. The van der Waals surface area contributed by atoms with Crippen LogP contribution >= 0.6 is 11.6 Å². The predicted octanol–water partition coefficient (Wildman–Crippen LogP) is 2.72. The summed E-state index contributed by atoms with van der Waals surface area (Å²) >= 11 is 5.60. The average molecular weight is 256 g/mol. The Bertz CT molecular complexity index is 441. The van der Waals surface area contributed by atoms with E-state index in [0.29, 0.717) is 13.0 Å². The van der Waals surface area contributed by atoms with E-state index in [1.165, 1.54) is 17.0 Å². The fourth-order valence-electron chi connectivity index (χ4n) is 2.14. The Morgan fingerprint density at radius 3 is 2.94 bits per heavy atom. The summed E-state index contributed by atoms with van der Waals surface area (Å²) in [5.74, 6) is -0.108. The van der Waals surface area contributed by atoms with E-state index >= 15 is 0 Å². The highest BCUT2D eigenvalue weighted by molar-refractivity contribution is 6.29. The number of nitrogens with zero attached hydrogens (tertiary/aromatic N) is 1. The van der Waals surface area contributed by atoms with Crippen LogP contribution in [0, 0.1) is 5.92 Å². The lowest BCUT2D eigenvalue weighted by Gasteiger charge is -2.12. The van der Waals surface area contributed by atoms with Crippen molar-refractivity contribution < 1.29 is 14.0 Å². The number of imide groups is 1. The number of hydrogen-bond acceptors (Lipinski definition) is 3. The number of carbonyl (C=O) groups excluding carboxylic acids is 2. The molecule has 1 saturated heterocycles. The Morgan fingerprint density at radius 1 is 1.59 bits per heavy atom. The van der Waals surface area contributed by atoms with Crippen LogP contribution < -0.4 is 0 Å². The maximum Gasteiger partial charge on any atom is 0.296 e. The van der Waals surface area contributed by atoms with Crippen molar-refractivity contribution in [1.82, 2.24) is 4.90 Å². The molecule has 1 aromatic heterocycles. The second kappa shape index (κ2) is 4.92. The number of rotatable bonds is 3. The van der Waals surface area contributed by atoms with Gasteiger partial charge in [-0.1, -0.05) is 13.3 Å². The minimum absolute atomic E-state index is 0.124. The molecule has 0 bridgehead atoms. The van der Waals surface area contributed by atoms with Gasteiger partial charge in [0.05, 0.1) is 0 Å². The van der Waals surface area contributed by atoms with E-state index in [1.807, 2.05) is 0 Å². The zero-order valence-electron chi connectivity index (χ0n) is 9.61. The molecular formula is C12H14ClNO3. The standard InChI is InChI=1S/C12H14ClNO3/c1-2-3-8-6-11(15)14(7-8)12(16)9-4-5-10(13)17-9/h4-5,8H,2-3,6-7H2,1H3. The number of furan rings is 1. The quantitative estimate of drug-likeness (QED) is 0.781. The molecule has 2 heterocycles. The summed E-state index contributed by atoms with van der Waals surface area (Å²) in [5.41, 5.74) is 0. The van der Waals surface area contributed by atoms with E-state index in [4.69, 9.17) is 16.0 Å². The molecule has 2 amide bonds. The van der Waals surface area contributed by atoms with Crippen LogP contribution in [-0.2, 0) is 4.79 Å². The first-order valence-electron chi connectivity index (χ1n) is 5.72. The van der Waals surface area contributed by atoms with Crippen molar-refractivity contribution in [2.24, 2.45) is 5.92 Å². The molecule has 1 atom stereocenters. The molecule has 0 aliphatic carbocycles. The van der Waals surface area contributed by atoms with Gasteiger partial charge in [-0.2, -0.15) is 0 Å². The molecule has 0 N–H and O–H groups in total. The van der Waals surface area contributed by atoms with Crippen molar-refractivity contribution in [2.45, 2.75) is 26.2 Å². The van der Waals surface area contributed by atoms with Crippen molar-refractivity contribution in [2.75, 3.05) is 6.54 Å². The van der Waals surface area contributed by atoms with Crippen molar-refractivity contribution >= 4 is 23.4 Å². The molecule has 1 fully saturated rings. The molecule has 4 nitrogen and oxygen atoms in total.